The molecule has 0 bridgehead atoms. The normalized spacial score (nSPS) is 17.3. The summed E-state index contributed by atoms with van der Waals surface area (Å²) < 4.78 is 0. The fourth-order valence-electron chi connectivity index (χ4n) is 3.19. The second-order valence-electron chi connectivity index (χ2n) is 5.65. The minimum absolute atomic E-state index is 0.321. The molecule has 21 heavy (non-hydrogen) atoms. The number of carbonyl (C=O) groups excluding carboxylic acids is 1. The Bertz CT molecular complexity index is 589. The van der Waals surface area contributed by atoms with Crippen LogP contribution in [0.3, 0.4) is 0 Å². The molecule has 0 unspecified atom stereocenters. The number of Topliss-reactive ketones (excluding diaryl/α,β-unsaturated/α-hetero) is 1. The van der Waals surface area contributed by atoms with Gasteiger partial charge in [0, 0.05) is 18.8 Å². The van der Waals surface area contributed by atoms with Gasteiger partial charge in [-0.15, -0.1) is 0 Å². The van der Waals surface area contributed by atoms with Gasteiger partial charge in [0.05, 0.1) is 5.41 Å². The third kappa shape index (κ3) is 2.88. The van der Waals surface area contributed by atoms with E-state index in [1.807, 2.05) is 30.3 Å². The number of aromatic nitrogens is 1. The number of ketones is 1. The third-order valence-electron chi connectivity index (χ3n) is 4.43. The molecule has 0 amide bonds. The summed E-state index contributed by atoms with van der Waals surface area (Å²) in [6.07, 6.45) is 5.74. The summed E-state index contributed by atoms with van der Waals surface area (Å²) in [4.78, 5) is 17.1. The third-order valence-corrected chi connectivity index (χ3v) is 4.43. The van der Waals surface area contributed by atoms with Gasteiger partial charge in [-0.3, -0.25) is 9.78 Å². The lowest BCUT2D eigenvalue weighted by Gasteiger charge is -2.37. The van der Waals surface area contributed by atoms with Crippen molar-refractivity contribution in [1.29, 1.82) is 0 Å². The zero-order valence-corrected chi connectivity index (χ0v) is 12.1. The Kier molecular flexibility index (Phi) is 4.11. The van der Waals surface area contributed by atoms with Crippen molar-refractivity contribution in [3.63, 3.8) is 0 Å². The maximum atomic E-state index is 13.0. The summed E-state index contributed by atoms with van der Waals surface area (Å²) in [6.45, 7) is 1.80. The fraction of sp³-hybridized carbons (Fsp3) is 0.333. The van der Waals surface area contributed by atoms with Crippen LogP contribution in [0, 0.1) is 0 Å². The monoisotopic (exact) mass is 280 g/mol. The number of benzene rings is 1. The maximum absolute atomic E-state index is 13.0. The first-order valence-electron chi connectivity index (χ1n) is 7.50. The predicted molar refractivity (Wildman–Crippen MR) is 83.2 cm³/mol. The van der Waals surface area contributed by atoms with Crippen LogP contribution >= 0.6 is 0 Å². The molecule has 0 radical (unpaired) electrons. The van der Waals surface area contributed by atoms with E-state index < -0.39 is 0 Å². The van der Waals surface area contributed by atoms with Crippen molar-refractivity contribution in [2.24, 2.45) is 0 Å². The molecule has 2 aromatic rings. The molecule has 1 aliphatic heterocycles. The molecule has 1 N–H and O–H groups in total. The number of carbonyl (C=O) groups is 1. The molecular weight excluding hydrogens is 260 g/mol. The molecule has 3 nitrogen and oxygen atoms in total. The van der Waals surface area contributed by atoms with Gasteiger partial charge >= 0.3 is 0 Å². The van der Waals surface area contributed by atoms with E-state index >= 15 is 0 Å². The highest BCUT2D eigenvalue weighted by atomic mass is 16.1. The van der Waals surface area contributed by atoms with E-state index in [9.17, 15) is 4.79 Å². The molecule has 2 heterocycles. The quantitative estimate of drug-likeness (QED) is 0.935. The smallest absolute Gasteiger partial charge is 0.147 e. The number of hydrogen-bond donors (Lipinski definition) is 1. The first-order valence-corrected chi connectivity index (χ1v) is 7.50. The number of pyridine rings is 1. The van der Waals surface area contributed by atoms with Crippen LogP contribution < -0.4 is 5.32 Å². The van der Waals surface area contributed by atoms with Crippen LogP contribution in [-0.4, -0.2) is 23.9 Å². The Labute approximate surface area is 125 Å². The minimum atomic E-state index is -0.338. The molecule has 0 atom stereocenters. The van der Waals surface area contributed by atoms with Crippen molar-refractivity contribution >= 4 is 5.78 Å². The second kappa shape index (κ2) is 6.19. The average Bonchev–Trinajstić information content (AvgIpc) is 2.57. The van der Waals surface area contributed by atoms with Crippen molar-refractivity contribution in [3.05, 3.63) is 66.0 Å². The summed E-state index contributed by atoms with van der Waals surface area (Å²) in [5.41, 5.74) is 1.87. The van der Waals surface area contributed by atoms with Crippen LogP contribution in [0.2, 0.25) is 0 Å². The van der Waals surface area contributed by atoms with Gasteiger partial charge in [-0.1, -0.05) is 30.3 Å². The van der Waals surface area contributed by atoms with E-state index in [4.69, 9.17) is 0 Å². The van der Waals surface area contributed by atoms with E-state index in [1.54, 1.807) is 12.4 Å². The van der Waals surface area contributed by atoms with Gasteiger partial charge in [0.1, 0.15) is 5.78 Å². The minimum Gasteiger partial charge on any atom is -0.317 e. The van der Waals surface area contributed by atoms with E-state index in [0.29, 0.717) is 12.2 Å². The van der Waals surface area contributed by atoms with Gasteiger partial charge in [0.25, 0.3) is 0 Å². The van der Waals surface area contributed by atoms with Crippen LogP contribution in [0.15, 0.2) is 54.9 Å². The van der Waals surface area contributed by atoms with Gasteiger partial charge in [-0.05, 0) is 49.2 Å². The largest absolute Gasteiger partial charge is 0.317 e. The van der Waals surface area contributed by atoms with Crippen LogP contribution in [-0.2, 0) is 16.6 Å². The average molecular weight is 280 g/mol. The number of hydrogen-bond acceptors (Lipinski definition) is 3. The summed E-state index contributed by atoms with van der Waals surface area (Å²) in [7, 11) is 0. The summed E-state index contributed by atoms with van der Waals surface area (Å²) in [5.74, 6) is 0.321. The van der Waals surface area contributed by atoms with E-state index in [2.05, 4.69) is 22.4 Å². The molecule has 0 aliphatic carbocycles. The van der Waals surface area contributed by atoms with Crippen LogP contribution in [0.4, 0.5) is 0 Å². The van der Waals surface area contributed by atoms with Crippen LogP contribution in [0.5, 0.6) is 0 Å². The number of rotatable bonds is 4. The molecule has 3 heteroatoms. The summed E-state index contributed by atoms with van der Waals surface area (Å²) in [5, 5.41) is 3.37. The number of nitrogens with one attached hydrogen (secondary N) is 1. The molecule has 0 spiro atoms. The van der Waals surface area contributed by atoms with Crippen LogP contribution in [0.1, 0.15) is 24.0 Å². The summed E-state index contributed by atoms with van der Waals surface area (Å²) in [6, 6.07) is 14.1. The SMILES string of the molecule is O=C(Cc1ccncc1)C1(c2ccccc2)CCNCC1. The molecule has 1 aliphatic rings. The van der Waals surface area contributed by atoms with Crippen molar-refractivity contribution in [1.82, 2.24) is 10.3 Å². The zero-order chi connectivity index (χ0) is 14.5. The van der Waals surface area contributed by atoms with Crippen molar-refractivity contribution < 1.29 is 4.79 Å². The predicted octanol–water partition coefficient (Wildman–Crippen LogP) is 2.51. The first-order chi connectivity index (χ1) is 10.3. The Morgan fingerprint density at radius 1 is 1.05 bits per heavy atom. The molecular formula is C18H20N2O. The second-order valence-corrected chi connectivity index (χ2v) is 5.65. The topological polar surface area (TPSA) is 42.0 Å². The van der Waals surface area contributed by atoms with Gasteiger partial charge < -0.3 is 5.32 Å². The van der Waals surface area contributed by atoms with E-state index in [1.165, 1.54) is 0 Å². The highest BCUT2D eigenvalue weighted by Gasteiger charge is 2.40. The standard InChI is InChI=1S/C18H20N2O/c21-17(14-15-6-10-19-11-7-15)18(8-12-20-13-9-18)16-4-2-1-3-5-16/h1-7,10-11,20H,8-9,12-14H2. The number of piperidine rings is 1. The lowest BCUT2D eigenvalue weighted by atomic mass is 9.69. The van der Waals surface area contributed by atoms with Crippen LogP contribution in [0.25, 0.3) is 0 Å². The zero-order valence-electron chi connectivity index (χ0n) is 12.1. The molecule has 3 rings (SSSR count). The Balaban J connectivity index is 1.90. The van der Waals surface area contributed by atoms with Gasteiger partial charge in [0.15, 0.2) is 0 Å². The molecule has 0 saturated carbocycles. The molecule has 1 fully saturated rings. The first kappa shape index (κ1) is 14.0. The Hall–Kier alpha value is -2.00. The molecule has 1 saturated heterocycles. The molecule has 108 valence electrons. The Morgan fingerprint density at radius 3 is 2.38 bits per heavy atom. The van der Waals surface area contributed by atoms with Gasteiger partial charge in [0.2, 0.25) is 0 Å². The molecule has 1 aromatic heterocycles. The number of nitrogens with zero attached hydrogens (tertiary/aromatic N) is 1. The van der Waals surface area contributed by atoms with E-state index in [-0.39, 0.29) is 5.41 Å². The highest BCUT2D eigenvalue weighted by molar-refractivity contribution is 5.92. The fourth-order valence-corrected chi connectivity index (χ4v) is 3.19. The summed E-state index contributed by atoms with van der Waals surface area (Å²) >= 11 is 0. The van der Waals surface area contributed by atoms with E-state index in [0.717, 1.165) is 37.1 Å². The van der Waals surface area contributed by atoms with Gasteiger partial charge in [-0.2, -0.15) is 0 Å². The van der Waals surface area contributed by atoms with Crippen molar-refractivity contribution in [3.8, 4) is 0 Å². The lowest BCUT2D eigenvalue weighted by molar-refractivity contribution is -0.125. The lowest BCUT2D eigenvalue weighted by Crippen LogP contribution is -2.46. The van der Waals surface area contributed by atoms with Gasteiger partial charge in [-0.25, -0.2) is 0 Å². The van der Waals surface area contributed by atoms with Crippen molar-refractivity contribution in [2.75, 3.05) is 13.1 Å². The maximum Gasteiger partial charge on any atom is 0.147 e. The molecule has 1 aromatic carbocycles. The van der Waals surface area contributed by atoms with Crippen molar-refractivity contribution in [2.45, 2.75) is 24.7 Å². The highest BCUT2D eigenvalue weighted by Crippen LogP contribution is 2.35. The Morgan fingerprint density at radius 2 is 1.71 bits per heavy atom.